The number of hydrogen-bond donors (Lipinski definition) is 2. The summed E-state index contributed by atoms with van der Waals surface area (Å²) in [6, 6.07) is 11.2. The molecule has 1 aliphatic heterocycles. The van der Waals surface area contributed by atoms with Crippen molar-refractivity contribution in [2.45, 2.75) is 57.2 Å². The van der Waals surface area contributed by atoms with E-state index in [2.05, 4.69) is 51.7 Å². The Morgan fingerprint density at radius 2 is 2.08 bits per heavy atom. The molecule has 3 atom stereocenters. The smallest absolute Gasteiger partial charge is 0.237 e. The Hall–Kier alpha value is -1.81. The normalized spacial score (nSPS) is 26.4. The molecule has 1 aromatic heterocycles. The Balaban J connectivity index is 1.23. The topological polar surface area (TPSA) is 46.1 Å². The summed E-state index contributed by atoms with van der Waals surface area (Å²) in [5, 5.41) is 7.96. The van der Waals surface area contributed by atoms with Crippen molar-refractivity contribution in [2.24, 2.45) is 5.92 Å². The van der Waals surface area contributed by atoms with E-state index in [0.717, 1.165) is 31.8 Å². The van der Waals surface area contributed by atoms with Gasteiger partial charge in [-0.15, -0.1) is 0 Å². The first kappa shape index (κ1) is 15.7. The lowest BCUT2D eigenvalue weighted by Crippen LogP contribution is -2.43. The molecular formula is C20H27N3O. The predicted octanol–water partition coefficient (Wildman–Crippen LogP) is 3.07. The molecule has 0 spiro atoms. The summed E-state index contributed by atoms with van der Waals surface area (Å²) >= 11 is 0. The number of aromatic nitrogens is 1. The van der Waals surface area contributed by atoms with Gasteiger partial charge in [-0.2, -0.15) is 0 Å². The van der Waals surface area contributed by atoms with E-state index < -0.39 is 0 Å². The van der Waals surface area contributed by atoms with E-state index in [0.29, 0.717) is 6.04 Å². The standard InChI is InChI=1S/C20H27N3O/c24-20(18-14-16-7-1-3-8-17(16)22-18)21-11-5-12-23-13-10-15-6-2-4-9-19(15)23/h2,4,6,9-10,13,16-18,22H,1,3,5,7-8,11-12,14H2,(H,21,24). The first-order valence-electron chi connectivity index (χ1n) is 9.39. The zero-order valence-corrected chi connectivity index (χ0v) is 14.2. The third-order valence-electron chi connectivity index (χ3n) is 5.73. The Morgan fingerprint density at radius 1 is 1.21 bits per heavy atom. The number of rotatable bonds is 5. The van der Waals surface area contributed by atoms with Crippen LogP contribution in [-0.2, 0) is 11.3 Å². The highest BCUT2D eigenvalue weighted by Gasteiger charge is 2.37. The summed E-state index contributed by atoms with van der Waals surface area (Å²) in [7, 11) is 0. The second-order valence-corrected chi connectivity index (χ2v) is 7.32. The summed E-state index contributed by atoms with van der Waals surface area (Å²) in [5.74, 6) is 0.919. The van der Waals surface area contributed by atoms with Crippen LogP contribution in [-0.4, -0.2) is 29.1 Å². The van der Waals surface area contributed by atoms with E-state index in [1.165, 1.54) is 36.6 Å². The lowest BCUT2D eigenvalue weighted by atomic mass is 9.85. The molecule has 1 aliphatic carbocycles. The fourth-order valence-corrected chi connectivity index (χ4v) is 4.44. The average Bonchev–Trinajstić information content (AvgIpc) is 3.23. The van der Waals surface area contributed by atoms with E-state index in [-0.39, 0.29) is 11.9 Å². The van der Waals surface area contributed by atoms with Gasteiger partial charge in [0.25, 0.3) is 0 Å². The Bertz CT molecular complexity index is 694. The van der Waals surface area contributed by atoms with Gasteiger partial charge in [0.2, 0.25) is 5.91 Å². The van der Waals surface area contributed by atoms with Crippen molar-refractivity contribution in [3.63, 3.8) is 0 Å². The molecular weight excluding hydrogens is 298 g/mol. The monoisotopic (exact) mass is 325 g/mol. The van der Waals surface area contributed by atoms with Crippen LogP contribution in [0.15, 0.2) is 36.5 Å². The highest BCUT2D eigenvalue weighted by molar-refractivity contribution is 5.82. The van der Waals surface area contributed by atoms with E-state index >= 15 is 0 Å². The van der Waals surface area contributed by atoms with Crippen molar-refractivity contribution < 1.29 is 4.79 Å². The van der Waals surface area contributed by atoms with Crippen LogP contribution in [0.4, 0.5) is 0 Å². The summed E-state index contributed by atoms with van der Waals surface area (Å²) < 4.78 is 2.27. The van der Waals surface area contributed by atoms with Gasteiger partial charge in [-0.05, 0) is 49.1 Å². The molecule has 0 radical (unpaired) electrons. The largest absolute Gasteiger partial charge is 0.355 e. The van der Waals surface area contributed by atoms with Gasteiger partial charge in [0, 0.05) is 30.8 Å². The van der Waals surface area contributed by atoms with Gasteiger partial charge in [-0.25, -0.2) is 0 Å². The molecule has 4 nitrogen and oxygen atoms in total. The number of amides is 1. The summed E-state index contributed by atoms with van der Waals surface area (Å²) in [6.07, 6.45) is 9.31. The van der Waals surface area contributed by atoms with Crippen molar-refractivity contribution in [1.29, 1.82) is 0 Å². The SMILES string of the molecule is O=C(NCCCn1ccc2ccccc21)C1CC2CCCCC2N1. The Morgan fingerprint density at radius 3 is 3.00 bits per heavy atom. The highest BCUT2D eigenvalue weighted by atomic mass is 16.2. The number of fused-ring (bicyclic) bond motifs is 2. The molecule has 2 aromatic rings. The first-order chi connectivity index (χ1) is 11.8. The lowest BCUT2D eigenvalue weighted by molar-refractivity contribution is -0.122. The molecule has 3 unspecified atom stereocenters. The van der Waals surface area contributed by atoms with E-state index in [1.54, 1.807) is 0 Å². The Labute approximate surface area is 143 Å². The Kier molecular flexibility index (Phi) is 4.56. The molecule has 1 aromatic carbocycles. The van der Waals surface area contributed by atoms with Crippen molar-refractivity contribution >= 4 is 16.8 Å². The van der Waals surface area contributed by atoms with Crippen LogP contribution in [0.2, 0.25) is 0 Å². The number of carbonyl (C=O) groups is 1. The molecule has 0 bridgehead atoms. The van der Waals surface area contributed by atoms with Crippen LogP contribution in [0.5, 0.6) is 0 Å². The average molecular weight is 325 g/mol. The molecule has 128 valence electrons. The van der Waals surface area contributed by atoms with Gasteiger partial charge in [0.05, 0.1) is 6.04 Å². The molecule has 2 heterocycles. The highest BCUT2D eigenvalue weighted by Crippen LogP contribution is 2.33. The fraction of sp³-hybridized carbons (Fsp3) is 0.550. The lowest BCUT2D eigenvalue weighted by Gasteiger charge is -2.24. The number of hydrogen-bond acceptors (Lipinski definition) is 2. The molecule has 2 aliphatic rings. The van der Waals surface area contributed by atoms with Crippen molar-refractivity contribution in [2.75, 3.05) is 6.54 Å². The molecule has 2 fully saturated rings. The minimum Gasteiger partial charge on any atom is -0.355 e. The van der Waals surface area contributed by atoms with Crippen LogP contribution >= 0.6 is 0 Å². The molecule has 24 heavy (non-hydrogen) atoms. The number of carbonyl (C=O) groups excluding carboxylic acids is 1. The van der Waals surface area contributed by atoms with Gasteiger partial charge < -0.3 is 15.2 Å². The second kappa shape index (κ2) is 6.98. The maximum atomic E-state index is 12.4. The van der Waals surface area contributed by atoms with Crippen molar-refractivity contribution in [1.82, 2.24) is 15.2 Å². The van der Waals surface area contributed by atoms with Crippen molar-refractivity contribution in [3.8, 4) is 0 Å². The maximum Gasteiger partial charge on any atom is 0.237 e. The first-order valence-corrected chi connectivity index (χ1v) is 9.39. The van der Waals surface area contributed by atoms with Crippen molar-refractivity contribution in [3.05, 3.63) is 36.5 Å². The fourth-order valence-electron chi connectivity index (χ4n) is 4.44. The molecule has 2 N–H and O–H groups in total. The minimum atomic E-state index is 0.0329. The molecule has 4 heteroatoms. The van der Waals surface area contributed by atoms with Crippen LogP contribution in [0, 0.1) is 5.92 Å². The second-order valence-electron chi connectivity index (χ2n) is 7.32. The van der Waals surface area contributed by atoms with Gasteiger partial charge in [0.15, 0.2) is 0 Å². The van der Waals surface area contributed by atoms with Crippen LogP contribution in [0.25, 0.3) is 10.9 Å². The number of aryl methyl sites for hydroxylation is 1. The minimum absolute atomic E-state index is 0.0329. The molecule has 1 saturated carbocycles. The van der Waals surface area contributed by atoms with Crippen LogP contribution < -0.4 is 10.6 Å². The van der Waals surface area contributed by atoms with Gasteiger partial charge >= 0.3 is 0 Å². The molecule has 1 saturated heterocycles. The molecule has 1 amide bonds. The summed E-state index contributed by atoms with van der Waals surface area (Å²) in [4.78, 5) is 12.4. The van der Waals surface area contributed by atoms with E-state index in [1.807, 2.05) is 0 Å². The quantitative estimate of drug-likeness (QED) is 0.830. The van der Waals surface area contributed by atoms with Crippen LogP contribution in [0.1, 0.15) is 38.5 Å². The number of nitrogens with one attached hydrogen (secondary N) is 2. The maximum absolute atomic E-state index is 12.4. The third kappa shape index (κ3) is 3.20. The van der Waals surface area contributed by atoms with Crippen LogP contribution in [0.3, 0.4) is 0 Å². The summed E-state index contributed by atoms with van der Waals surface area (Å²) in [6.45, 7) is 1.69. The van der Waals surface area contributed by atoms with Gasteiger partial charge in [0.1, 0.15) is 0 Å². The zero-order valence-electron chi connectivity index (χ0n) is 14.2. The number of nitrogens with zero attached hydrogens (tertiary/aromatic N) is 1. The zero-order chi connectivity index (χ0) is 16.4. The number of para-hydroxylation sites is 1. The van der Waals surface area contributed by atoms with E-state index in [4.69, 9.17) is 0 Å². The van der Waals surface area contributed by atoms with E-state index in [9.17, 15) is 4.79 Å². The third-order valence-corrected chi connectivity index (χ3v) is 5.73. The molecule has 4 rings (SSSR count). The van der Waals surface area contributed by atoms with Gasteiger partial charge in [-0.3, -0.25) is 4.79 Å². The number of benzene rings is 1. The van der Waals surface area contributed by atoms with Gasteiger partial charge in [-0.1, -0.05) is 31.0 Å². The summed E-state index contributed by atoms with van der Waals surface area (Å²) in [5.41, 5.74) is 1.27. The predicted molar refractivity (Wildman–Crippen MR) is 96.9 cm³/mol.